The van der Waals surface area contributed by atoms with Crippen molar-refractivity contribution in [3.05, 3.63) is 47.1 Å². The predicted octanol–water partition coefficient (Wildman–Crippen LogP) is 4.27. The summed E-state index contributed by atoms with van der Waals surface area (Å²) < 4.78 is 0. The Hall–Kier alpha value is -1.45. The fraction of sp³-hybridized carbons (Fsp3) is 0.550. The number of hydrogen-bond donors (Lipinski definition) is 2. The van der Waals surface area contributed by atoms with E-state index >= 15 is 0 Å². The summed E-state index contributed by atoms with van der Waals surface area (Å²) in [6.07, 6.45) is 9.04. The molecule has 0 aromatic rings. The van der Waals surface area contributed by atoms with Crippen LogP contribution in [-0.2, 0) is 4.79 Å². The van der Waals surface area contributed by atoms with Crippen molar-refractivity contribution in [2.75, 3.05) is 6.61 Å². The highest BCUT2D eigenvalue weighted by molar-refractivity contribution is 5.91. The highest BCUT2D eigenvalue weighted by Crippen LogP contribution is 2.13. The van der Waals surface area contributed by atoms with E-state index in [2.05, 4.69) is 25.7 Å². The number of aliphatic hydroxyl groups excluding tert-OH is 2. The monoisotopic (exact) mass is 320 g/mol. The molecule has 0 unspecified atom stereocenters. The number of carbonyl (C=O) groups is 1. The minimum Gasteiger partial charge on any atom is -0.393 e. The summed E-state index contributed by atoms with van der Waals surface area (Å²) in [7, 11) is 0. The number of rotatable bonds is 11. The molecule has 0 aliphatic carbocycles. The summed E-state index contributed by atoms with van der Waals surface area (Å²) in [5, 5.41) is 18.2. The molecule has 130 valence electrons. The first-order chi connectivity index (χ1) is 10.8. The molecule has 0 heterocycles. The average Bonchev–Trinajstić information content (AvgIpc) is 2.45. The Kier molecular flexibility index (Phi) is 11.3. The highest BCUT2D eigenvalue weighted by Gasteiger charge is 2.05. The van der Waals surface area contributed by atoms with Crippen molar-refractivity contribution in [3.8, 4) is 0 Å². The van der Waals surface area contributed by atoms with Crippen LogP contribution in [0.5, 0.6) is 0 Å². The Bertz CT molecular complexity index is 477. The van der Waals surface area contributed by atoms with Crippen LogP contribution in [0.1, 0.15) is 59.8 Å². The third-order valence-corrected chi connectivity index (χ3v) is 3.54. The summed E-state index contributed by atoms with van der Waals surface area (Å²) >= 11 is 0. The fourth-order valence-corrected chi connectivity index (χ4v) is 2.17. The first kappa shape index (κ1) is 21.6. The third kappa shape index (κ3) is 11.7. The van der Waals surface area contributed by atoms with Gasteiger partial charge in [-0.1, -0.05) is 35.5 Å². The van der Waals surface area contributed by atoms with Crippen LogP contribution in [0.2, 0.25) is 0 Å². The number of ketones is 1. The second-order valence-corrected chi connectivity index (χ2v) is 6.40. The van der Waals surface area contributed by atoms with Crippen LogP contribution >= 0.6 is 0 Å². The van der Waals surface area contributed by atoms with E-state index in [0.29, 0.717) is 18.4 Å². The van der Waals surface area contributed by atoms with Crippen LogP contribution in [-0.4, -0.2) is 28.7 Å². The van der Waals surface area contributed by atoms with Crippen LogP contribution < -0.4 is 0 Å². The van der Waals surface area contributed by atoms with Crippen LogP contribution in [0.15, 0.2) is 47.1 Å². The van der Waals surface area contributed by atoms with Gasteiger partial charge in [-0.15, -0.1) is 0 Å². The molecule has 0 fully saturated rings. The molecular formula is C20H32O3. The third-order valence-electron chi connectivity index (χ3n) is 3.54. The minimum absolute atomic E-state index is 0.159. The Morgan fingerprint density at radius 3 is 2.17 bits per heavy atom. The molecule has 0 bridgehead atoms. The molecule has 0 aromatic heterocycles. The molecule has 0 rings (SSSR count). The fourth-order valence-electron chi connectivity index (χ4n) is 2.17. The molecule has 0 radical (unpaired) electrons. The van der Waals surface area contributed by atoms with E-state index < -0.39 is 6.10 Å². The van der Waals surface area contributed by atoms with Gasteiger partial charge >= 0.3 is 0 Å². The van der Waals surface area contributed by atoms with Crippen molar-refractivity contribution in [2.45, 2.75) is 65.9 Å². The van der Waals surface area contributed by atoms with Gasteiger partial charge in [-0.05, 0) is 65.0 Å². The SMILES string of the molecule is C=C(CCC=C(C)CCC=C(C)CC(=O)C=C(C)C)[C@H](O)CO. The van der Waals surface area contributed by atoms with E-state index in [-0.39, 0.29) is 12.4 Å². The molecular weight excluding hydrogens is 288 g/mol. The molecule has 0 amide bonds. The summed E-state index contributed by atoms with van der Waals surface area (Å²) in [5.41, 5.74) is 4.11. The lowest BCUT2D eigenvalue weighted by molar-refractivity contribution is -0.114. The van der Waals surface area contributed by atoms with E-state index in [0.717, 1.165) is 30.4 Å². The van der Waals surface area contributed by atoms with Crippen molar-refractivity contribution in [2.24, 2.45) is 0 Å². The molecule has 3 nitrogen and oxygen atoms in total. The highest BCUT2D eigenvalue weighted by atomic mass is 16.3. The maximum atomic E-state index is 11.7. The minimum atomic E-state index is -0.812. The van der Waals surface area contributed by atoms with Gasteiger partial charge in [0, 0.05) is 6.42 Å². The van der Waals surface area contributed by atoms with Crippen molar-refractivity contribution < 1.29 is 15.0 Å². The molecule has 1 atom stereocenters. The van der Waals surface area contributed by atoms with Gasteiger partial charge in [-0.2, -0.15) is 0 Å². The van der Waals surface area contributed by atoms with Gasteiger partial charge < -0.3 is 10.2 Å². The van der Waals surface area contributed by atoms with Crippen LogP contribution in [0, 0.1) is 0 Å². The van der Waals surface area contributed by atoms with Gasteiger partial charge in [-0.25, -0.2) is 0 Å². The predicted molar refractivity (Wildman–Crippen MR) is 97.3 cm³/mol. The zero-order chi connectivity index (χ0) is 17.8. The van der Waals surface area contributed by atoms with Crippen molar-refractivity contribution in [3.63, 3.8) is 0 Å². The molecule has 0 aromatic carbocycles. The topological polar surface area (TPSA) is 57.5 Å². The van der Waals surface area contributed by atoms with Crippen molar-refractivity contribution in [1.82, 2.24) is 0 Å². The smallest absolute Gasteiger partial charge is 0.159 e. The number of carbonyl (C=O) groups excluding carboxylic acids is 1. The second-order valence-electron chi connectivity index (χ2n) is 6.40. The average molecular weight is 320 g/mol. The Morgan fingerprint density at radius 1 is 1.04 bits per heavy atom. The van der Waals surface area contributed by atoms with E-state index in [9.17, 15) is 9.90 Å². The van der Waals surface area contributed by atoms with Crippen LogP contribution in [0.4, 0.5) is 0 Å². The largest absolute Gasteiger partial charge is 0.393 e. The zero-order valence-electron chi connectivity index (χ0n) is 15.1. The molecule has 3 heteroatoms. The lowest BCUT2D eigenvalue weighted by Crippen LogP contribution is -2.14. The molecule has 0 saturated heterocycles. The Balaban J connectivity index is 4.13. The van der Waals surface area contributed by atoms with Gasteiger partial charge in [0.2, 0.25) is 0 Å². The van der Waals surface area contributed by atoms with Gasteiger partial charge in [0.25, 0.3) is 0 Å². The van der Waals surface area contributed by atoms with Gasteiger partial charge in [-0.3, -0.25) is 4.79 Å². The van der Waals surface area contributed by atoms with E-state index in [1.54, 1.807) is 6.08 Å². The first-order valence-corrected chi connectivity index (χ1v) is 8.21. The van der Waals surface area contributed by atoms with Crippen LogP contribution in [0.25, 0.3) is 0 Å². The standard InChI is InChI=1S/C20H32O3/c1-15(2)12-19(22)13-17(4)10-6-8-16(3)9-7-11-18(5)20(23)14-21/h9-10,12,20-21,23H,5-8,11,13-14H2,1-4H3/t20-/m1/s1. The Morgan fingerprint density at radius 2 is 1.61 bits per heavy atom. The van der Waals surface area contributed by atoms with Gasteiger partial charge in [0.15, 0.2) is 5.78 Å². The number of allylic oxidation sites excluding steroid dienone is 6. The lowest BCUT2D eigenvalue weighted by atomic mass is 10.0. The van der Waals surface area contributed by atoms with Crippen molar-refractivity contribution >= 4 is 5.78 Å². The molecule has 23 heavy (non-hydrogen) atoms. The van der Waals surface area contributed by atoms with Gasteiger partial charge in [0.1, 0.15) is 0 Å². The number of aliphatic hydroxyl groups is 2. The first-order valence-electron chi connectivity index (χ1n) is 8.21. The lowest BCUT2D eigenvalue weighted by Gasteiger charge is -2.09. The summed E-state index contributed by atoms with van der Waals surface area (Å²) in [6.45, 7) is 11.4. The summed E-state index contributed by atoms with van der Waals surface area (Å²) in [6, 6.07) is 0. The van der Waals surface area contributed by atoms with E-state index in [4.69, 9.17) is 5.11 Å². The summed E-state index contributed by atoms with van der Waals surface area (Å²) in [5.74, 6) is 0.159. The van der Waals surface area contributed by atoms with Crippen molar-refractivity contribution in [1.29, 1.82) is 0 Å². The Labute approximate surface area is 141 Å². The molecule has 0 saturated carbocycles. The molecule has 2 N–H and O–H groups in total. The zero-order valence-corrected chi connectivity index (χ0v) is 15.1. The normalized spacial score (nSPS) is 13.7. The molecule has 0 aliphatic heterocycles. The maximum Gasteiger partial charge on any atom is 0.159 e. The van der Waals surface area contributed by atoms with Gasteiger partial charge in [0.05, 0.1) is 12.7 Å². The maximum absolute atomic E-state index is 11.7. The van der Waals surface area contributed by atoms with E-state index in [1.165, 1.54) is 5.57 Å². The summed E-state index contributed by atoms with van der Waals surface area (Å²) in [4.78, 5) is 11.7. The second kappa shape index (κ2) is 12.0. The van der Waals surface area contributed by atoms with Crippen LogP contribution in [0.3, 0.4) is 0 Å². The van der Waals surface area contributed by atoms with E-state index in [1.807, 2.05) is 20.8 Å². The quantitative estimate of drug-likeness (QED) is 0.441. The number of hydrogen-bond acceptors (Lipinski definition) is 3. The molecule has 0 spiro atoms. The molecule has 0 aliphatic rings.